The second-order valence-corrected chi connectivity index (χ2v) is 5.00. The summed E-state index contributed by atoms with van der Waals surface area (Å²) in [5.41, 5.74) is 1.63. The monoisotopic (exact) mass is 330 g/mol. The molecule has 0 aliphatic heterocycles. The summed E-state index contributed by atoms with van der Waals surface area (Å²) in [5.74, 6) is 0. The third-order valence-electron chi connectivity index (χ3n) is 2.30. The number of halogens is 2. The number of hydrogen-bond acceptors (Lipinski definition) is 4. The van der Waals surface area contributed by atoms with Gasteiger partial charge in [0.05, 0.1) is 36.6 Å². The van der Waals surface area contributed by atoms with Crippen molar-refractivity contribution >= 4 is 33.2 Å². The molecule has 0 aliphatic rings. The van der Waals surface area contributed by atoms with E-state index in [1.54, 1.807) is 10.9 Å². The molecule has 0 spiro atoms. The number of aliphatic hydroxyl groups excluding tert-OH is 1. The zero-order valence-electron chi connectivity index (χ0n) is 9.48. The van der Waals surface area contributed by atoms with Crippen molar-refractivity contribution in [2.24, 2.45) is 0 Å². The van der Waals surface area contributed by atoms with Gasteiger partial charge in [0, 0.05) is 4.47 Å². The molecule has 0 amide bonds. The maximum Gasteiger partial charge on any atom is 0.102 e. The van der Waals surface area contributed by atoms with Crippen LogP contribution < -0.4 is 5.32 Å². The van der Waals surface area contributed by atoms with E-state index in [0.717, 1.165) is 15.9 Å². The predicted molar refractivity (Wildman–Crippen MR) is 73.6 cm³/mol. The van der Waals surface area contributed by atoms with Crippen LogP contribution in [0.5, 0.6) is 0 Å². The van der Waals surface area contributed by atoms with E-state index in [0.29, 0.717) is 18.1 Å². The van der Waals surface area contributed by atoms with Gasteiger partial charge in [-0.2, -0.15) is 0 Å². The molecule has 0 saturated carbocycles. The predicted octanol–water partition coefficient (Wildman–Crippen LogP) is 2.30. The topological polar surface area (TPSA) is 63.0 Å². The van der Waals surface area contributed by atoms with E-state index in [1.807, 2.05) is 18.2 Å². The molecule has 5 nitrogen and oxygen atoms in total. The zero-order chi connectivity index (χ0) is 13.0. The van der Waals surface area contributed by atoms with Gasteiger partial charge in [-0.3, -0.25) is 0 Å². The van der Waals surface area contributed by atoms with Crippen molar-refractivity contribution in [1.82, 2.24) is 15.0 Å². The van der Waals surface area contributed by atoms with Crippen molar-refractivity contribution in [2.75, 3.05) is 11.9 Å². The highest BCUT2D eigenvalue weighted by Crippen LogP contribution is 2.25. The highest BCUT2D eigenvalue weighted by molar-refractivity contribution is 9.10. The van der Waals surface area contributed by atoms with Crippen LogP contribution in [0.3, 0.4) is 0 Å². The summed E-state index contributed by atoms with van der Waals surface area (Å²) in [6.07, 6.45) is 1.79. The summed E-state index contributed by atoms with van der Waals surface area (Å²) >= 11 is 9.45. The average molecular weight is 332 g/mol. The van der Waals surface area contributed by atoms with Crippen molar-refractivity contribution in [1.29, 1.82) is 0 Å². The lowest BCUT2D eigenvalue weighted by atomic mass is 10.3. The van der Waals surface area contributed by atoms with Crippen LogP contribution in [0.1, 0.15) is 5.69 Å². The number of aromatic nitrogens is 3. The lowest BCUT2D eigenvalue weighted by Gasteiger charge is -2.06. The van der Waals surface area contributed by atoms with Crippen LogP contribution in [0.15, 0.2) is 28.9 Å². The van der Waals surface area contributed by atoms with Crippen LogP contribution in [-0.4, -0.2) is 26.7 Å². The highest BCUT2D eigenvalue weighted by atomic mass is 79.9. The number of anilines is 1. The molecule has 0 atom stereocenters. The number of rotatable bonds is 5. The third-order valence-corrected chi connectivity index (χ3v) is 3.13. The summed E-state index contributed by atoms with van der Waals surface area (Å²) < 4.78 is 2.55. The van der Waals surface area contributed by atoms with Gasteiger partial charge in [-0.15, -0.1) is 5.10 Å². The fourth-order valence-electron chi connectivity index (χ4n) is 1.45. The second kappa shape index (κ2) is 6.17. The van der Waals surface area contributed by atoms with Gasteiger partial charge in [0.25, 0.3) is 0 Å². The van der Waals surface area contributed by atoms with Crippen LogP contribution >= 0.6 is 27.5 Å². The fraction of sp³-hybridized carbons (Fsp3) is 0.273. The maximum absolute atomic E-state index is 8.78. The number of nitrogens with one attached hydrogen (secondary N) is 1. The number of aliphatic hydroxyl groups is 1. The Morgan fingerprint density at radius 1 is 1.44 bits per heavy atom. The Bertz CT molecular complexity index is 532. The van der Waals surface area contributed by atoms with Gasteiger partial charge >= 0.3 is 0 Å². The van der Waals surface area contributed by atoms with Crippen LogP contribution in [0.25, 0.3) is 0 Å². The highest BCUT2D eigenvalue weighted by Gasteiger charge is 2.03. The molecule has 1 aromatic carbocycles. The van der Waals surface area contributed by atoms with Gasteiger partial charge in [-0.05, 0) is 18.2 Å². The van der Waals surface area contributed by atoms with Gasteiger partial charge in [-0.1, -0.05) is 32.7 Å². The minimum atomic E-state index is 0.0493. The Morgan fingerprint density at radius 3 is 3.06 bits per heavy atom. The van der Waals surface area contributed by atoms with E-state index >= 15 is 0 Å². The Hall–Kier alpha value is -1.11. The van der Waals surface area contributed by atoms with E-state index in [1.165, 1.54) is 0 Å². The van der Waals surface area contributed by atoms with Crippen LogP contribution in [0, 0.1) is 0 Å². The van der Waals surface area contributed by atoms with E-state index in [2.05, 4.69) is 31.6 Å². The van der Waals surface area contributed by atoms with Crippen molar-refractivity contribution in [3.8, 4) is 0 Å². The van der Waals surface area contributed by atoms with E-state index in [9.17, 15) is 0 Å². The van der Waals surface area contributed by atoms with Gasteiger partial charge in [0.2, 0.25) is 0 Å². The van der Waals surface area contributed by atoms with Crippen LogP contribution in [0.4, 0.5) is 5.69 Å². The standard InChI is InChI=1S/C11H12BrClN4O/c12-8-1-2-10(13)11(5-8)14-6-9-7-17(3-4-18)16-15-9/h1-2,5,7,14,18H,3-4,6H2. The first-order valence-electron chi connectivity index (χ1n) is 5.38. The molecule has 0 radical (unpaired) electrons. The smallest absolute Gasteiger partial charge is 0.102 e. The fourth-order valence-corrected chi connectivity index (χ4v) is 2.00. The molecular weight excluding hydrogens is 320 g/mol. The summed E-state index contributed by atoms with van der Waals surface area (Å²) in [7, 11) is 0. The molecule has 96 valence electrons. The Morgan fingerprint density at radius 2 is 2.28 bits per heavy atom. The first-order valence-corrected chi connectivity index (χ1v) is 6.55. The van der Waals surface area contributed by atoms with Crippen molar-refractivity contribution in [2.45, 2.75) is 13.1 Å². The molecule has 1 aromatic heterocycles. The number of hydrogen-bond donors (Lipinski definition) is 2. The molecular formula is C11H12BrClN4O. The SMILES string of the molecule is OCCn1cc(CNc2cc(Br)ccc2Cl)nn1. The molecule has 7 heteroatoms. The normalized spacial score (nSPS) is 10.6. The summed E-state index contributed by atoms with van der Waals surface area (Å²) in [5, 5.41) is 20.5. The molecule has 2 aromatic rings. The maximum atomic E-state index is 8.78. The van der Waals surface area contributed by atoms with E-state index in [-0.39, 0.29) is 6.61 Å². The minimum Gasteiger partial charge on any atom is -0.394 e. The quantitative estimate of drug-likeness (QED) is 0.882. The Balaban J connectivity index is 1.99. The second-order valence-electron chi connectivity index (χ2n) is 3.67. The third kappa shape index (κ3) is 3.44. The molecule has 0 bridgehead atoms. The Labute approximate surface area is 118 Å². The first-order chi connectivity index (χ1) is 8.69. The summed E-state index contributed by atoms with van der Waals surface area (Å²) in [6.45, 7) is 1.03. The lowest BCUT2D eigenvalue weighted by Crippen LogP contribution is -2.02. The largest absolute Gasteiger partial charge is 0.394 e. The molecule has 0 saturated heterocycles. The average Bonchev–Trinajstić information content (AvgIpc) is 2.79. The summed E-state index contributed by atoms with van der Waals surface area (Å²) in [4.78, 5) is 0. The van der Waals surface area contributed by atoms with Gasteiger partial charge < -0.3 is 10.4 Å². The molecule has 2 N–H and O–H groups in total. The van der Waals surface area contributed by atoms with Crippen molar-refractivity contribution in [3.63, 3.8) is 0 Å². The zero-order valence-corrected chi connectivity index (χ0v) is 11.8. The number of benzene rings is 1. The van der Waals surface area contributed by atoms with Gasteiger partial charge in [-0.25, -0.2) is 4.68 Å². The van der Waals surface area contributed by atoms with E-state index < -0.39 is 0 Å². The molecule has 0 fully saturated rings. The first kappa shape index (κ1) is 13.3. The molecule has 18 heavy (non-hydrogen) atoms. The van der Waals surface area contributed by atoms with Crippen molar-refractivity contribution < 1.29 is 5.11 Å². The Kier molecular flexibility index (Phi) is 4.57. The summed E-state index contributed by atoms with van der Waals surface area (Å²) in [6, 6.07) is 5.60. The van der Waals surface area contributed by atoms with Gasteiger partial charge in [0.15, 0.2) is 0 Å². The molecule has 2 rings (SSSR count). The van der Waals surface area contributed by atoms with Crippen LogP contribution in [0.2, 0.25) is 5.02 Å². The molecule has 0 unspecified atom stereocenters. The van der Waals surface area contributed by atoms with Crippen LogP contribution in [-0.2, 0) is 13.1 Å². The van der Waals surface area contributed by atoms with Gasteiger partial charge in [0.1, 0.15) is 5.69 Å². The van der Waals surface area contributed by atoms with E-state index in [4.69, 9.17) is 16.7 Å². The lowest BCUT2D eigenvalue weighted by molar-refractivity contribution is 0.268. The number of nitrogens with zero attached hydrogens (tertiary/aromatic N) is 3. The molecule has 1 heterocycles. The van der Waals surface area contributed by atoms with Crippen molar-refractivity contribution in [3.05, 3.63) is 39.6 Å². The molecule has 0 aliphatic carbocycles. The minimum absolute atomic E-state index is 0.0493.